The van der Waals surface area contributed by atoms with Crippen LogP contribution < -0.4 is 5.32 Å². The molecule has 160 valence electrons. The predicted molar refractivity (Wildman–Crippen MR) is 112 cm³/mol. The van der Waals surface area contributed by atoms with Gasteiger partial charge >= 0.3 is 5.69 Å². The molecule has 3 rings (SSSR count). The summed E-state index contributed by atoms with van der Waals surface area (Å²) in [5.74, 6) is -0.370. The summed E-state index contributed by atoms with van der Waals surface area (Å²) in [6, 6.07) is 7.92. The first-order valence-electron chi connectivity index (χ1n) is 9.85. The van der Waals surface area contributed by atoms with Crippen LogP contribution >= 0.6 is 0 Å². The van der Waals surface area contributed by atoms with Gasteiger partial charge in [-0.25, -0.2) is 8.42 Å². The molecular weight excluding hydrogens is 408 g/mol. The van der Waals surface area contributed by atoms with Crippen molar-refractivity contribution in [2.24, 2.45) is 0 Å². The van der Waals surface area contributed by atoms with Gasteiger partial charge in [-0.2, -0.15) is 4.31 Å². The smallest absolute Gasteiger partial charge is 0.310 e. The van der Waals surface area contributed by atoms with Crippen LogP contribution in [-0.4, -0.2) is 41.6 Å². The van der Waals surface area contributed by atoms with E-state index in [9.17, 15) is 23.3 Å². The van der Waals surface area contributed by atoms with Crippen molar-refractivity contribution < 1.29 is 18.1 Å². The number of pyridine rings is 1. The van der Waals surface area contributed by atoms with Crippen molar-refractivity contribution in [3.63, 3.8) is 0 Å². The summed E-state index contributed by atoms with van der Waals surface area (Å²) in [6.07, 6.45) is 6.80. The number of nitrogens with one attached hydrogen (secondary N) is 1. The maximum absolute atomic E-state index is 12.8. The molecule has 1 aliphatic heterocycles. The molecule has 30 heavy (non-hydrogen) atoms. The van der Waals surface area contributed by atoms with E-state index < -0.39 is 14.9 Å². The number of hydrogen-bond acceptors (Lipinski definition) is 6. The highest BCUT2D eigenvalue weighted by molar-refractivity contribution is 7.89. The molecule has 10 heteroatoms. The average molecular weight is 433 g/mol. The number of aryl methyl sites for hydroxylation is 1. The molecule has 1 N–H and O–H groups in total. The van der Waals surface area contributed by atoms with Gasteiger partial charge in [0.2, 0.25) is 15.9 Å². The fraction of sp³-hybridized carbons (Fsp3) is 0.400. The number of carbonyl (C=O) groups is 1. The number of amides is 1. The molecule has 9 nitrogen and oxygen atoms in total. The highest BCUT2D eigenvalue weighted by Crippen LogP contribution is 2.23. The summed E-state index contributed by atoms with van der Waals surface area (Å²) in [4.78, 5) is 26.5. The van der Waals surface area contributed by atoms with Crippen molar-refractivity contribution >= 4 is 27.3 Å². The fourth-order valence-corrected chi connectivity index (χ4v) is 4.88. The fourth-order valence-electron chi connectivity index (χ4n) is 3.37. The standard InChI is InChI=1S/C20H24N4O5S/c25-20(22-18-11-12-21-15-19(18)24(26)27)10-7-16-5-8-17(9-6-16)30(28,29)23-13-3-1-2-4-14-23/h5-6,8-9,11-12,15H,1-4,7,10,13-14H2,(H,21,22,25). The molecule has 0 saturated carbocycles. The third-order valence-corrected chi connectivity index (χ3v) is 6.95. The van der Waals surface area contributed by atoms with Crippen LogP contribution in [0.2, 0.25) is 0 Å². The average Bonchev–Trinajstić information content (AvgIpc) is 3.03. The number of nitro groups is 1. The highest BCUT2D eigenvalue weighted by atomic mass is 32.2. The minimum Gasteiger partial charge on any atom is -0.320 e. The van der Waals surface area contributed by atoms with Gasteiger partial charge in [-0.15, -0.1) is 0 Å². The van der Waals surface area contributed by atoms with Crippen LogP contribution in [0, 0.1) is 10.1 Å². The Morgan fingerprint density at radius 3 is 2.40 bits per heavy atom. The Labute approximate surface area is 175 Å². The number of sulfonamides is 1. The summed E-state index contributed by atoms with van der Waals surface area (Å²) in [5.41, 5.74) is 0.636. The lowest BCUT2D eigenvalue weighted by Crippen LogP contribution is -2.31. The molecule has 1 aliphatic rings. The molecule has 2 heterocycles. The molecule has 0 spiro atoms. The first-order chi connectivity index (χ1) is 14.4. The number of aromatic nitrogens is 1. The van der Waals surface area contributed by atoms with E-state index in [1.807, 2.05) is 0 Å². The molecule has 0 atom stereocenters. The summed E-state index contributed by atoms with van der Waals surface area (Å²) < 4.78 is 27.2. The second-order valence-electron chi connectivity index (χ2n) is 7.16. The maximum Gasteiger partial charge on any atom is 0.310 e. The van der Waals surface area contributed by atoms with Crippen molar-refractivity contribution in [2.45, 2.75) is 43.4 Å². The lowest BCUT2D eigenvalue weighted by Gasteiger charge is -2.20. The minimum atomic E-state index is -3.50. The van der Waals surface area contributed by atoms with Crippen molar-refractivity contribution in [1.29, 1.82) is 0 Å². The van der Waals surface area contributed by atoms with Crippen molar-refractivity contribution in [3.05, 3.63) is 58.4 Å². The Morgan fingerprint density at radius 1 is 1.10 bits per heavy atom. The summed E-state index contributed by atoms with van der Waals surface area (Å²) >= 11 is 0. The van der Waals surface area contributed by atoms with Crippen LogP contribution in [0.4, 0.5) is 11.4 Å². The number of carbonyl (C=O) groups excluding carboxylic acids is 1. The van der Waals surface area contributed by atoms with Gasteiger partial charge in [-0.1, -0.05) is 25.0 Å². The monoisotopic (exact) mass is 432 g/mol. The second kappa shape index (κ2) is 9.77. The van der Waals surface area contributed by atoms with Gasteiger partial charge < -0.3 is 5.32 Å². The van der Waals surface area contributed by atoms with E-state index in [1.54, 1.807) is 28.6 Å². The minimum absolute atomic E-state index is 0.0962. The molecule has 0 radical (unpaired) electrons. The van der Waals surface area contributed by atoms with Crippen molar-refractivity contribution in [2.75, 3.05) is 18.4 Å². The Bertz CT molecular complexity index is 1000. The normalized spacial score (nSPS) is 15.3. The zero-order valence-corrected chi connectivity index (χ0v) is 17.3. The Hall–Kier alpha value is -2.85. The molecular formula is C20H24N4O5S. The zero-order chi connectivity index (χ0) is 21.6. The van der Waals surface area contributed by atoms with Crippen LogP contribution in [0.5, 0.6) is 0 Å². The molecule has 0 bridgehead atoms. The van der Waals surface area contributed by atoms with Gasteiger partial charge in [0.1, 0.15) is 11.9 Å². The third-order valence-electron chi connectivity index (χ3n) is 5.04. The van der Waals surface area contributed by atoms with E-state index >= 15 is 0 Å². The molecule has 0 aliphatic carbocycles. The highest BCUT2D eigenvalue weighted by Gasteiger charge is 2.25. The van der Waals surface area contributed by atoms with E-state index in [-0.39, 0.29) is 28.6 Å². The Morgan fingerprint density at radius 2 is 1.77 bits per heavy atom. The molecule has 1 aromatic carbocycles. The Balaban J connectivity index is 1.59. The number of anilines is 1. The number of benzene rings is 1. The zero-order valence-electron chi connectivity index (χ0n) is 16.5. The van der Waals surface area contributed by atoms with Gasteiger partial charge in [0.05, 0.1) is 9.82 Å². The first-order valence-corrected chi connectivity index (χ1v) is 11.3. The second-order valence-corrected chi connectivity index (χ2v) is 9.10. The molecule has 2 aromatic rings. The van der Waals surface area contributed by atoms with Gasteiger partial charge in [-0.05, 0) is 43.0 Å². The van der Waals surface area contributed by atoms with Crippen LogP contribution in [0.15, 0.2) is 47.6 Å². The topological polar surface area (TPSA) is 123 Å². The molecule has 1 saturated heterocycles. The summed E-state index contributed by atoms with van der Waals surface area (Å²) in [7, 11) is -3.50. The van der Waals surface area contributed by atoms with Crippen LogP contribution in [0.25, 0.3) is 0 Å². The van der Waals surface area contributed by atoms with Crippen LogP contribution in [-0.2, 0) is 21.2 Å². The van der Waals surface area contributed by atoms with E-state index in [0.717, 1.165) is 37.4 Å². The third kappa shape index (κ3) is 5.39. The lowest BCUT2D eigenvalue weighted by atomic mass is 10.1. The van der Waals surface area contributed by atoms with Crippen LogP contribution in [0.3, 0.4) is 0 Å². The van der Waals surface area contributed by atoms with Gasteiger partial charge in [0.25, 0.3) is 0 Å². The molecule has 0 unspecified atom stereocenters. The quantitative estimate of drug-likeness (QED) is 0.530. The molecule has 1 fully saturated rings. The van der Waals surface area contributed by atoms with E-state index in [1.165, 1.54) is 12.3 Å². The summed E-state index contributed by atoms with van der Waals surface area (Å²) in [5, 5.41) is 13.5. The van der Waals surface area contributed by atoms with Crippen molar-refractivity contribution in [3.8, 4) is 0 Å². The van der Waals surface area contributed by atoms with Crippen molar-refractivity contribution in [1.82, 2.24) is 9.29 Å². The number of hydrogen-bond donors (Lipinski definition) is 1. The van der Waals surface area contributed by atoms with Crippen LogP contribution in [0.1, 0.15) is 37.7 Å². The lowest BCUT2D eigenvalue weighted by molar-refractivity contribution is -0.384. The molecule has 1 aromatic heterocycles. The predicted octanol–water partition coefficient (Wildman–Crippen LogP) is 3.13. The SMILES string of the molecule is O=C(CCc1ccc(S(=O)(=O)N2CCCCCC2)cc1)Nc1ccncc1[N+](=O)[O-]. The van der Waals surface area contributed by atoms with Gasteiger partial charge in [0.15, 0.2) is 0 Å². The number of rotatable bonds is 7. The van der Waals surface area contributed by atoms with Gasteiger partial charge in [-0.3, -0.25) is 19.9 Å². The first kappa shape index (κ1) is 21.8. The van der Waals surface area contributed by atoms with E-state index in [4.69, 9.17) is 0 Å². The summed E-state index contributed by atoms with van der Waals surface area (Å²) in [6.45, 7) is 1.09. The van der Waals surface area contributed by atoms with Gasteiger partial charge in [0, 0.05) is 25.7 Å². The maximum atomic E-state index is 12.8. The molecule has 1 amide bonds. The Kier molecular flexibility index (Phi) is 7.11. The number of nitrogens with zero attached hydrogens (tertiary/aromatic N) is 3. The van der Waals surface area contributed by atoms with E-state index in [2.05, 4.69) is 10.3 Å². The van der Waals surface area contributed by atoms with E-state index in [0.29, 0.717) is 19.5 Å². The largest absolute Gasteiger partial charge is 0.320 e.